The van der Waals surface area contributed by atoms with E-state index in [2.05, 4.69) is 30.4 Å². The average Bonchev–Trinajstić information content (AvgIpc) is 3.05. The van der Waals surface area contributed by atoms with Crippen molar-refractivity contribution in [3.8, 4) is 5.75 Å². The van der Waals surface area contributed by atoms with Crippen molar-refractivity contribution in [3.05, 3.63) is 29.3 Å². The van der Waals surface area contributed by atoms with Gasteiger partial charge in [-0.3, -0.25) is 0 Å². The Morgan fingerprint density at radius 3 is 2.95 bits per heavy atom. The molecule has 1 saturated carbocycles. The van der Waals surface area contributed by atoms with Gasteiger partial charge in [0.05, 0.1) is 0 Å². The zero-order valence-electron chi connectivity index (χ0n) is 12.0. The van der Waals surface area contributed by atoms with E-state index in [9.17, 15) is 0 Å². The highest BCUT2D eigenvalue weighted by atomic mass is 16.5. The van der Waals surface area contributed by atoms with Crippen LogP contribution in [0.15, 0.2) is 18.2 Å². The first kappa shape index (κ1) is 13.0. The highest BCUT2D eigenvalue weighted by Gasteiger charge is 2.28. The van der Waals surface area contributed by atoms with Crippen LogP contribution in [0.3, 0.4) is 0 Å². The van der Waals surface area contributed by atoms with Crippen LogP contribution in [0.2, 0.25) is 0 Å². The van der Waals surface area contributed by atoms with E-state index in [0.29, 0.717) is 12.1 Å². The van der Waals surface area contributed by atoms with E-state index in [1.54, 1.807) is 0 Å². The smallest absolute Gasteiger partial charge is 0.120 e. The fraction of sp³-hybridized carbons (Fsp3) is 0.647. The summed E-state index contributed by atoms with van der Waals surface area (Å²) in [5.41, 5.74) is 3.04. The summed E-state index contributed by atoms with van der Waals surface area (Å²) in [5, 5.41) is 3.63. The molecule has 0 saturated heterocycles. The topological polar surface area (TPSA) is 21.3 Å². The van der Waals surface area contributed by atoms with E-state index in [1.165, 1.54) is 56.1 Å². The molecule has 0 amide bonds. The summed E-state index contributed by atoms with van der Waals surface area (Å²) in [6.07, 6.45) is 9.09. The van der Waals surface area contributed by atoms with Gasteiger partial charge in [0.1, 0.15) is 11.9 Å². The molecular weight excluding hydrogens is 234 g/mol. The van der Waals surface area contributed by atoms with Gasteiger partial charge < -0.3 is 10.1 Å². The molecule has 2 heteroatoms. The molecule has 0 heterocycles. The average molecular weight is 259 g/mol. The fourth-order valence-electron chi connectivity index (χ4n) is 3.43. The highest BCUT2D eigenvalue weighted by Crippen LogP contribution is 2.29. The summed E-state index contributed by atoms with van der Waals surface area (Å²) in [7, 11) is 0. The van der Waals surface area contributed by atoms with Crippen molar-refractivity contribution in [1.82, 2.24) is 5.32 Å². The van der Waals surface area contributed by atoms with Crippen molar-refractivity contribution < 1.29 is 4.74 Å². The Balaban J connectivity index is 1.64. The second kappa shape index (κ2) is 5.96. The molecule has 0 bridgehead atoms. The number of ether oxygens (including phenoxy) is 1. The van der Waals surface area contributed by atoms with Crippen molar-refractivity contribution in [2.24, 2.45) is 0 Å². The van der Waals surface area contributed by atoms with Crippen LogP contribution in [0.25, 0.3) is 0 Å². The van der Waals surface area contributed by atoms with Crippen LogP contribution in [0.1, 0.15) is 50.2 Å². The number of fused-ring (bicyclic) bond motifs is 1. The number of benzene rings is 1. The maximum atomic E-state index is 6.25. The van der Waals surface area contributed by atoms with Gasteiger partial charge in [-0.25, -0.2) is 0 Å². The Hall–Kier alpha value is -1.02. The van der Waals surface area contributed by atoms with Crippen molar-refractivity contribution in [2.75, 3.05) is 6.54 Å². The third-order valence-electron chi connectivity index (χ3n) is 4.47. The zero-order valence-corrected chi connectivity index (χ0v) is 12.0. The van der Waals surface area contributed by atoms with Crippen molar-refractivity contribution in [1.29, 1.82) is 0 Å². The van der Waals surface area contributed by atoms with E-state index < -0.39 is 0 Å². The molecule has 1 aromatic rings. The second-order valence-corrected chi connectivity index (χ2v) is 5.93. The van der Waals surface area contributed by atoms with E-state index in [0.717, 1.165) is 12.3 Å². The molecule has 19 heavy (non-hydrogen) atoms. The van der Waals surface area contributed by atoms with Gasteiger partial charge in [-0.2, -0.15) is 0 Å². The third-order valence-corrected chi connectivity index (χ3v) is 4.47. The number of nitrogens with one attached hydrogen (secondary N) is 1. The first-order valence-corrected chi connectivity index (χ1v) is 7.88. The summed E-state index contributed by atoms with van der Waals surface area (Å²) in [5.74, 6) is 1.08. The Morgan fingerprint density at radius 2 is 2.05 bits per heavy atom. The van der Waals surface area contributed by atoms with Crippen molar-refractivity contribution in [3.63, 3.8) is 0 Å². The molecule has 0 aromatic heterocycles. The van der Waals surface area contributed by atoms with Crippen LogP contribution in [-0.4, -0.2) is 18.7 Å². The summed E-state index contributed by atoms with van der Waals surface area (Å²) in [6, 6.07) is 7.26. The molecule has 1 N–H and O–H groups in total. The minimum Gasteiger partial charge on any atom is -0.489 e. The molecule has 0 aliphatic heterocycles. The van der Waals surface area contributed by atoms with Gasteiger partial charge in [0.15, 0.2) is 0 Å². The normalized spacial score (nSPS) is 25.5. The molecule has 1 aromatic carbocycles. The summed E-state index contributed by atoms with van der Waals surface area (Å²) in [4.78, 5) is 0. The lowest BCUT2D eigenvalue weighted by molar-refractivity contribution is 0.175. The fourth-order valence-corrected chi connectivity index (χ4v) is 3.43. The summed E-state index contributed by atoms with van der Waals surface area (Å²) >= 11 is 0. The minimum atomic E-state index is 0.367. The molecule has 1 fully saturated rings. The van der Waals surface area contributed by atoms with Gasteiger partial charge in [0.2, 0.25) is 0 Å². The number of aryl methyl sites for hydroxylation is 2. The van der Waals surface area contributed by atoms with Gasteiger partial charge in [-0.05, 0) is 74.8 Å². The SMILES string of the molecule is CCCNC1CCCC1Oc1ccc2c(c1)CCC2. The number of hydrogen-bond acceptors (Lipinski definition) is 2. The Kier molecular flexibility index (Phi) is 4.07. The first-order chi connectivity index (χ1) is 9.36. The van der Waals surface area contributed by atoms with Crippen LogP contribution in [-0.2, 0) is 12.8 Å². The van der Waals surface area contributed by atoms with Gasteiger partial charge in [-0.15, -0.1) is 0 Å². The molecular formula is C17H25NO. The third kappa shape index (κ3) is 2.94. The lowest BCUT2D eigenvalue weighted by atomic mass is 10.1. The van der Waals surface area contributed by atoms with Crippen molar-refractivity contribution in [2.45, 2.75) is 64.0 Å². The summed E-state index contributed by atoms with van der Waals surface area (Å²) in [6.45, 7) is 3.33. The quantitative estimate of drug-likeness (QED) is 0.874. The monoisotopic (exact) mass is 259 g/mol. The molecule has 0 spiro atoms. The largest absolute Gasteiger partial charge is 0.489 e. The van der Waals surface area contributed by atoms with Gasteiger partial charge in [0.25, 0.3) is 0 Å². The second-order valence-electron chi connectivity index (χ2n) is 5.93. The van der Waals surface area contributed by atoms with E-state index in [1.807, 2.05) is 0 Å². The van der Waals surface area contributed by atoms with Crippen LogP contribution in [0, 0.1) is 0 Å². The van der Waals surface area contributed by atoms with Gasteiger partial charge in [0, 0.05) is 6.04 Å². The van der Waals surface area contributed by atoms with E-state index in [-0.39, 0.29) is 0 Å². The first-order valence-electron chi connectivity index (χ1n) is 7.88. The molecule has 2 aliphatic rings. The molecule has 2 unspecified atom stereocenters. The maximum Gasteiger partial charge on any atom is 0.120 e. The molecule has 0 radical (unpaired) electrons. The van der Waals surface area contributed by atoms with Crippen LogP contribution < -0.4 is 10.1 Å². The van der Waals surface area contributed by atoms with E-state index in [4.69, 9.17) is 4.74 Å². The Labute approximate surface area is 116 Å². The van der Waals surface area contributed by atoms with Crippen LogP contribution in [0.5, 0.6) is 5.75 Å². The van der Waals surface area contributed by atoms with E-state index >= 15 is 0 Å². The Morgan fingerprint density at radius 1 is 1.16 bits per heavy atom. The predicted octanol–water partition coefficient (Wildman–Crippen LogP) is 3.47. The molecule has 104 valence electrons. The lowest BCUT2D eigenvalue weighted by Crippen LogP contribution is -2.39. The van der Waals surface area contributed by atoms with Crippen LogP contribution in [0.4, 0.5) is 0 Å². The van der Waals surface area contributed by atoms with Gasteiger partial charge in [-0.1, -0.05) is 13.0 Å². The van der Waals surface area contributed by atoms with Crippen LogP contribution >= 0.6 is 0 Å². The number of rotatable bonds is 5. The standard InChI is InChI=1S/C17H25NO/c1-2-11-18-16-7-4-8-17(16)19-15-10-9-13-5-3-6-14(13)12-15/h9-10,12,16-18H,2-8,11H2,1H3. The summed E-state index contributed by atoms with van der Waals surface area (Å²) < 4.78 is 6.25. The minimum absolute atomic E-state index is 0.367. The number of hydrogen-bond donors (Lipinski definition) is 1. The maximum absolute atomic E-state index is 6.25. The molecule has 3 rings (SSSR count). The highest BCUT2D eigenvalue weighted by molar-refractivity contribution is 5.38. The molecule has 2 aliphatic carbocycles. The lowest BCUT2D eigenvalue weighted by Gasteiger charge is -2.22. The Bertz CT molecular complexity index is 429. The molecule has 2 atom stereocenters. The van der Waals surface area contributed by atoms with Gasteiger partial charge >= 0.3 is 0 Å². The molecule has 2 nitrogen and oxygen atoms in total. The predicted molar refractivity (Wildman–Crippen MR) is 78.8 cm³/mol. The zero-order chi connectivity index (χ0) is 13.1. The van der Waals surface area contributed by atoms with Crippen molar-refractivity contribution >= 4 is 0 Å².